The molecule has 22 heavy (non-hydrogen) atoms. The first-order valence-corrected chi connectivity index (χ1v) is 7.27. The summed E-state index contributed by atoms with van der Waals surface area (Å²) in [5, 5.41) is 1.21. The zero-order valence-electron chi connectivity index (χ0n) is 13.1. The van der Waals surface area contributed by atoms with E-state index in [0.29, 0.717) is 0 Å². The van der Waals surface area contributed by atoms with Crippen LogP contribution in [-0.4, -0.2) is 19.2 Å². The highest BCUT2D eigenvalue weighted by Gasteiger charge is 2.07. The number of hydrogen-bond acceptors (Lipinski definition) is 3. The maximum absolute atomic E-state index is 5.36. The summed E-state index contributed by atoms with van der Waals surface area (Å²) in [6.45, 7) is 2.13. The van der Waals surface area contributed by atoms with Crippen molar-refractivity contribution < 1.29 is 9.47 Å². The summed E-state index contributed by atoms with van der Waals surface area (Å²) >= 11 is 0. The topological polar surface area (TPSA) is 31.4 Å². The van der Waals surface area contributed by atoms with Crippen molar-refractivity contribution in [1.82, 2.24) is 4.98 Å². The summed E-state index contributed by atoms with van der Waals surface area (Å²) in [5.74, 6) is 1.49. The van der Waals surface area contributed by atoms with Gasteiger partial charge < -0.3 is 9.47 Å². The first-order valence-electron chi connectivity index (χ1n) is 7.27. The van der Waals surface area contributed by atoms with Gasteiger partial charge in [0.05, 0.1) is 19.7 Å². The largest absolute Gasteiger partial charge is 0.493 e. The quantitative estimate of drug-likeness (QED) is 0.724. The molecule has 0 aliphatic carbocycles. The van der Waals surface area contributed by atoms with E-state index >= 15 is 0 Å². The van der Waals surface area contributed by atoms with E-state index in [1.54, 1.807) is 14.2 Å². The second-order valence-corrected chi connectivity index (χ2v) is 5.31. The summed E-state index contributed by atoms with van der Waals surface area (Å²) in [6.07, 6.45) is 0.770. The molecule has 0 bridgehead atoms. The molecule has 0 fully saturated rings. The van der Waals surface area contributed by atoms with Crippen molar-refractivity contribution in [3.8, 4) is 11.5 Å². The average Bonchev–Trinajstić information content (AvgIpc) is 2.55. The molecule has 3 aromatic rings. The van der Waals surface area contributed by atoms with Crippen LogP contribution in [0.15, 0.2) is 48.5 Å². The molecule has 0 unspecified atom stereocenters. The van der Waals surface area contributed by atoms with Crippen LogP contribution in [0, 0.1) is 6.92 Å². The lowest BCUT2D eigenvalue weighted by Gasteiger charge is -2.10. The lowest BCUT2D eigenvalue weighted by Crippen LogP contribution is -1.97. The predicted molar refractivity (Wildman–Crippen MR) is 88.8 cm³/mol. The maximum Gasteiger partial charge on any atom is 0.160 e. The number of methoxy groups -OCH3 is 2. The van der Waals surface area contributed by atoms with E-state index < -0.39 is 0 Å². The van der Waals surface area contributed by atoms with Gasteiger partial charge in [0.1, 0.15) is 0 Å². The van der Waals surface area contributed by atoms with E-state index in [1.165, 1.54) is 10.9 Å². The fourth-order valence-corrected chi connectivity index (χ4v) is 2.71. The highest BCUT2D eigenvalue weighted by Crippen LogP contribution is 2.28. The summed E-state index contributed by atoms with van der Waals surface area (Å²) in [7, 11) is 3.30. The van der Waals surface area contributed by atoms with Crippen LogP contribution in [0.2, 0.25) is 0 Å². The third-order valence-corrected chi connectivity index (χ3v) is 3.81. The number of fused-ring (bicyclic) bond motifs is 1. The predicted octanol–water partition coefficient (Wildman–Crippen LogP) is 4.15. The highest BCUT2D eigenvalue weighted by molar-refractivity contribution is 5.82. The molecule has 0 saturated carbocycles. The van der Waals surface area contributed by atoms with E-state index in [4.69, 9.17) is 14.5 Å². The van der Waals surface area contributed by atoms with Crippen LogP contribution in [0.3, 0.4) is 0 Å². The fraction of sp³-hybridized carbons (Fsp3) is 0.211. The maximum atomic E-state index is 5.36. The van der Waals surface area contributed by atoms with E-state index in [9.17, 15) is 0 Å². The molecule has 0 aliphatic rings. The minimum atomic E-state index is 0.744. The minimum absolute atomic E-state index is 0.744. The van der Waals surface area contributed by atoms with Crippen molar-refractivity contribution >= 4 is 10.9 Å². The highest BCUT2D eigenvalue weighted by atomic mass is 16.5. The van der Waals surface area contributed by atoms with Crippen LogP contribution in [0.25, 0.3) is 10.9 Å². The molecule has 1 aromatic heterocycles. The van der Waals surface area contributed by atoms with E-state index in [1.807, 2.05) is 30.3 Å². The SMILES string of the molecule is COc1ccc(Cc2cc(C)c3ccccc3n2)cc1OC. The number of pyridine rings is 1. The summed E-state index contributed by atoms with van der Waals surface area (Å²) in [4.78, 5) is 4.76. The zero-order valence-corrected chi connectivity index (χ0v) is 13.1. The Balaban J connectivity index is 1.96. The van der Waals surface area contributed by atoms with Crippen molar-refractivity contribution in [2.24, 2.45) is 0 Å². The first kappa shape index (κ1) is 14.4. The molecule has 0 saturated heterocycles. The Bertz CT molecular complexity index is 812. The monoisotopic (exact) mass is 293 g/mol. The minimum Gasteiger partial charge on any atom is -0.493 e. The van der Waals surface area contributed by atoms with Crippen LogP contribution in [0.1, 0.15) is 16.8 Å². The first-order chi connectivity index (χ1) is 10.7. The molecular formula is C19H19NO2. The van der Waals surface area contributed by atoms with Crippen molar-refractivity contribution in [3.63, 3.8) is 0 Å². The molecule has 2 aromatic carbocycles. The Morgan fingerprint density at radius 1 is 0.909 bits per heavy atom. The van der Waals surface area contributed by atoms with Gasteiger partial charge in [-0.25, -0.2) is 0 Å². The summed E-state index contributed by atoms with van der Waals surface area (Å²) in [5.41, 5.74) is 4.50. The van der Waals surface area contributed by atoms with Gasteiger partial charge in [-0.3, -0.25) is 4.98 Å². The number of benzene rings is 2. The van der Waals surface area contributed by atoms with Gasteiger partial charge in [0, 0.05) is 17.5 Å². The molecule has 112 valence electrons. The lowest BCUT2D eigenvalue weighted by molar-refractivity contribution is 0.354. The van der Waals surface area contributed by atoms with E-state index in [0.717, 1.165) is 34.7 Å². The second kappa shape index (κ2) is 6.06. The zero-order chi connectivity index (χ0) is 15.5. The Kier molecular flexibility index (Phi) is 3.96. The molecule has 0 spiro atoms. The number of hydrogen-bond donors (Lipinski definition) is 0. The number of aromatic nitrogens is 1. The van der Waals surface area contributed by atoms with Gasteiger partial charge in [0.25, 0.3) is 0 Å². The van der Waals surface area contributed by atoms with Crippen molar-refractivity contribution in [3.05, 3.63) is 65.4 Å². The molecule has 3 rings (SSSR count). The van der Waals surface area contributed by atoms with Gasteiger partial charge in [0.2, 0.25) is 0 Å². The van der Waals surface area contributed by atoms with Crippen LogP contribution in [0.5, 0.6) is 11.5 Å². The van der Waals surface area contributed by atoms with Crippen molar-refractivity contribution in [1.29, 1.82) is 0 Å². The normalized spacial score (nSPS) is 10.7. The molecule has 0 atom stereocenters. The van der Waals surface area contributed by atoms with Crippen molar-refractivity contribution in [2.75, 3.05) is 14.2 Å². The molecule has 0 amide bonds. The summed E-state index contributed by atoms with van der Waals surface area (Å²) < 4.78 is 10.6. The fourth-order valence-electron chi connectivity index (χ4n) is 2.71. The average molecular weight is 293 g/mol. The van der Waals surface area contributed by atoms with Gasteiger partial charge in [-0.1, -0.05) is 24.3 Å². The second-order valence-electron chi connectivity index (χ2n) is 5.31. The molecule has 0 N–H and O–H groups in total. The number of ether oxygens (including phenoxy) is 2. The Hall–Kier alpha value is -2.55. The standard InChI is InChI=1S/C19H19NO2/c1-13-10-15(20-17-7-5-4-6-16(13)17)11-14-8-9-18(21-2)19(12-14)22-3/h4-10,12H,11H2,1-3H3. The third kappa shape index (κ3) is 2.75. The van der Waals surface area contributed by atoms with Crippen LogP contribution < -0.4 is 9.47 Å². The van der Waals surface area contributed by atoms with Gasteiger partial charge in [-0.15, -0.1) is 0 Å². The van der Waals surface area contributed by atoms with Crippen molar-refractivity contribution in [2.45, 2.75) is 13.3 Å². The van der Waals surface area contributed by atoms with Crippen LogP contribution in [0.4, 0.5) is 0 Å². The van der Waals surface area contributed by atoms with Gasteiger partial charge in [-0.2, -0.15) is 0 Å². The number of nitrogens with zero attached hydrogens (tertiary/aromatic N) is 1. The molecule has 3 heteroatoms. The summed E-state index contributed by atoms with van der Waals surface area (Å²) in [6, 6.07) is 16.4. The Morgan fingerprint density at radius 3 is 2.45 bits per heavy atom. The molecule has 1 heterocycles. The van der Waals surface area contributed by atoms with E-state index in [2.05, 4.69) is 25.1 Å². The molecule has 0 radical (unpaired) electrons. The lowest BCUT2D eigenvalue weighted by atomic mass is 10.0. The number of rotatable bonds is 4. The molecular weight excluding hydrogens is 274 g/mol. The van der Waals surface area contributed by atoms with Crippen LogP contribution in [-0.2, 0) is 6.42 Å². The van der Waals surface area contributed by atoms with Gasteiger partial charge in [0.15, 0.2) is 11.5 Å². The molecule has 3 nitrogen and oxygen atoms in total. The van der Waals surface area contributed by atoms with Gasteiger partial charge >= 0.3 is 0 Å². The smallest absolute Gasteiger partial charge is 0.160 e. The van der Waals surface area contributed by atoms with Crippen LogP contribution >= 0.6 is 0 Å². The van der Waals surface area contributed by atoms with Gasteiger partial charge in [-0.05, 0) is 42.3 Å². The Morgan fingerprint density at radius 2 is 1.68 bits per heavy atom. The third-order valence-electron chi connectivity index (χ3n) is 3.81. The Labute approximate surface area is 130 Å². The number of aryl methyl sites for hydroxylation is 1. The van der Waals surface area contributed by atoms with E-state index in [-0.39, 0.29) is 0 Å². The number of para-hydroxylation sites is 1. The molecule has 0 aliphatic heterocycles.